The third kappa shape index (κ3) is 3.70. The van der Waals surface area contributed by atoms with Gasteiger partial charge in [0.15, 0.2) is 0 Å². The zero-order valence-corrected chi connectivity index (χ0v) is 9.70. The minimum Gasteiger partial charge on any atom is -0.396 e. The summed E-state index contributed by atoms with van der Waals surface area (Å²) in [6.07, 6.45) is 3.87. The fourth-order valence-corrected chi connectivity index (χ4v) is 2.06. The molecule has 0 aliphatic carbocycles. The quantitative estimate of drug-likeness (QED) is 0.742. The lowest BCUT2D eigenvalue weighted by Gasteiger charge is -2.25. The number of nitrogens with one attached hydrogen (secondary N) is 1. The van der Waals surface area contributed by atoms with Crippen molar-refractivity contribution in [2.75, 3.05) is 13.2 Å². The van der Waals surface area contributed by atoms with Gasteiger partial charge < -0.3 is 15.3 Å². The first-order chi connectivity index (χ1) is 7.15. The van der Waals surface area contributed by atoms with Gasteiger partial charge in [0.25, 0.3) is 0 Å². The molecule has 15 heavy (non-hydrogen) atoms. The number of aliphatic hydroxyl groups excluding tert-OH is 1. The molecule has 4 nitrogen and oxygen atoms in total. The van der Waals surface area contributed by atoms with Crippen LogP contribution in [0.2, 0.25) is 0 Å². The summed E-state index contributed by atoms with van der Waals surface area (Å²) >= 11 is 0. The van der Waals surface area contributed by atoms with Gasteiger partial charge in [0, 0.05) is 25.2 Å². The average Bonchev–Trinajstić information content (AvgIpc) is 2.61. The highest BCUT2D eigenvalue weighted by Crippen LogP contribution is 2.21. The predicted octanol–water partition coefficient (Wildman–Crippen LogP) is 1.34. The van der Waals surface area contributed by atoms with Crippen LogP contribution in [0.4, 0.5) is 4.79 Å². The molecule has 0 radical (unpaired) electrons. The second-order valence-electron chi connectivity index (χ2n) is 4.46. The standard InChI is InChI=1S/C11H22N2O2/c1-9(2)12-11(15)13-7-3-5-10(13)6-4-8-14/h9-10,14H,3-8H2,1-2H3,(H,12,15). The maximum atomic E-state index is 11.8. The largest absolute Gasteiger partial charge is 0.396 e. The first kappa shape index (κ1) is 12.3. The van der Waals surface area contributed by atoms with Crippen LogP contribution in [0.3, 0.4) is 0 Å². The van der Waals surface area contributed by atoms with Gasteiger partial charge in [0.05, 0.1) is 0 Å². The summed E-state index contributed by atoms with van der Waals surface area (Å²) in [5.74, 6) is 0. The minimum absolute atomic E-state index is 0.0467. The Morgan fingerprint density at radius 3 is 2.93 bits per heavy atom. The highest BCUT2D eigenvalue weighted by atomic mass is 16.3. The van der Waals surface area contributed by atoms with Crippen LogP contribution in [-0.4, -0.2) is 41.3 Å². The Kier molecular flexibility index (Phi) is 4.88. The number of hydrogen-bond donors (Lipinski definition) is 2. The van der Waals surface area contributed by atoms with E-state index in [1.54, 1.807) is 0 Å². The van der Waals surface area contributed by atoms with E-state index in [2.05, 4.69) is 5.32 Å². The van der Waals surface area contributed by atoms with E-state index < -0.39 is 0 Å². The molecule has 2 N–H and O–H groups in total. The number of nitrogens with zero attached hydrogens (tertiary/aromatic N) is 1. The van der Waals surface area contributed by atoms with Crippen molar-refractivity contribution in [1.29, 1.82) is 0 Å². The van der Waals surface area contributed by atoms with Gasteiger partial charge in [0.1, 0.15) is 0 Å². The number of amides is 2. The van der Waals surface area contributed by atoms with Gasteiger partial charge >= 0.3 is 6.03 Å². The van der Waals surface area contributed by atoms with Crippen molar-refractivity contribution in [3.63, 3.8) is 0 Å². The average molecular weight is 214 g/mol. The first-order valence-corrected chi connectivity index (χ1v) is 5.83. The first-order valence-electron chi connectivity index (χ1n) is 5.83. The molecule has 1 atom stereocenters. The Hall–Kier alpha value is -0.770. The molecule has 1 saturated heterocycles. The Labute approximate surface area is 91.6 Å². The molecule has 88 valence electrons. The molecular weight excluding hydrogens is 192 g/mol. The van der Waals surface area contributed by atoms with Crippen LogP contribution in [-0.2, 0) is 0 Å². The molecule has 1 aliphatic heterocycles. The lowest BCUT2D eigenvalue weighted by atomic mass is 10.1. The molecule has 1 aliphatic rings. The summed E-state index contributed by atoms with van der Waals surface area (Å²) in [5, 5.41) is 11.7. The second kappa shape index (κ2) is 5.95. The van der Waals surface area contributed by atoms with E-state index in [0.29, 0.717) is 6.04 Å². The molecule has 1 heterocycles. The number of aliphatic hydroxyl groups is 1. The zero-order chi connectivity index (χ0) is 11.3. The highest BCUT2D eigenvalue weighted by Gasteiger charge is 2.28. The van der Waals surface area contributed by atoms with Crippen LogP contribution in [0, 0.1) is 0 Å². The summed E-state index contributed by atoms with van der Waals surface area (Å²) in [6, 6.07) is 0.568. The lowest BCUT2D eigenvalue weighted by Crippen LogP contribution is -2.45. The summed E-state index contributed by atoms with van der Waals surface area (Å²) in [6.45, 7) is 5.01. The number of hydrogen-bond acceptors (Lipinski definition) is 2. The molecule has 0 aromatic heterocycles. The summed E-state index contributed by atoms with van der Waals surface area (Å²) in [7, 11) is 0. The molecule has 0 bridgehead atoms. The normalized spacial score (nSPS) is 21.1. The van der Waals surface area contributed by atoms with Gasteiger partial charge in [-0.05, 0) is 39.5 Å². The van der Waals surface area contributed by atoms with E-state index in [-0.39, 0.29) is 18.7 Å². The summed E-state index contributed by atoms with van der Waals surface area (Å²) in [5.41, 5.74) is 0. The van der Waals surface area contributed by atoms with E-state index in [1.807, 2.05) is 18.7 Å². The second-order valence-corrected chi connectivity index (χ2v) is 4.46. The van der Waals surface area contributed by atoms with Crippen LogP contribution >= 0.6 is 0 Å². The van der Waals surface area contributed by atoms with Crippen molar-refractivity contribution in [2.45, 2.75) is 51.6 Å². The van der Waals surface area contributed by atoms with Crippen molar-refractivity contribution in [3.05, 3.63) is 0 Å². The summed E-state index contributed by atoms with van der Waals surface area (Å²) < 4.78 is 0. The Balaban J connectivity index is 2.41. The van der Waals surface area contributed by atoms with Crippen LogP contribution in [0.15, 0.2) is 0 Å². The number of likely N-dealkylation sites (tertiary alicyclic amines) is 1. The van der Waals surface area contributed by atoms with E-state index in [9.17, 15) is 4.79 Å². The maximum Gasteiger partial charge on any atom is 0.317 e. The maximum absolute atomic E-state index is 11.8. The van der Waals surface area contributed by atoms with Crippen molar-refractivity contribution in [2.24, 2.45) is 0 Å². The third-order valence-electron chi connectivity index (χ3n) is 2.75. The summed E-state index contributed by atoms with van der Waals surface area (Å²) in [4.78, 5) is 13.7. The number of carbonyl (C=O) groups excluding carboxylic acids is 1. The monoisotopic (exact) mass is 214 g/mol. The molecule has 0 aromatic carbocycles. The molecule has 1 unspecified atom stereocenters. The SMILES string of the molecule is CC(C)NC(=O)N1CCCC1CCCO. The topological polar surface area (TPSA) is 52.6 Å². The highest BCUT2D eigenvalue weighted by molar-refractivity contribution is 5.75. The van der Waals surface area contributed by atoms with Gasteiger partial charge in [-0.15, -0.1) is 0 Å². The van der Waals surface area contributed by atoms with Crippen molar-refractivity contribution in [3.8, 4) is 0 Å². The van der Waals surface area contributed by atoms with Crippen molar-refractivity contribution in [1.82, 2.24) is 10.2 Å². The number of rotatable bonds is 4. The molecule has 0 aromatic rings. The molecule has 1 rings (SSSR count). The molecule has 2 amide bonds. The van der Waals surface area contributed by atoms with Gasteiger partial charge in [0.2, 0.25) is 0 Å². The predicted molar refractivity (Wildman–Crippen MR) is 59.7 cm³/mol. The van der Waals surface area contributed by atoms with Crippen LogP contribution in [0.25, 0.3) is 0 Å². The van der Waals surface area contributed by atoms with E-state index >= 15 is 0 Å². The smallest absolute Gasteiger partial charge is 0.317 e. The number of urea groups is 1. The van der Waals surface area contributed by atoms with Gasteiger partial charge in [-0.2, -0.15) is 0 Å². The molecule has 1 fully saturated rings. The van der Waals surface area contributed by atoms with Crippen molar-refractivity contribution >= 4 is 6.03 Å². The van der Waals surface area contributed by atoms with Crippen molar-refractivity contribution < 1.29 is 9.90 Å². The van der Waals surface area contributed by atoms with E-state index in [0.717, 1.165) is 32.2 Å². The Bertz CT molecular complexity index is 207. The molecular formula is C11H22N2O2. The molecule has 0 saturated carbocycles. The zero-order valence-electron chi connectivity index (χ0n) is 9.70. The van der Waals surface area contributed by atoms with Crippen LogP contribution < -0.4 is 5.32 Å². The van der Waals surface area contributed by atoms with Gasteiger partial charge in [-0.1, -0.05) is 0 Å². The number of carbonyl (C=O) groups is 1. The minimum atomic E-state index is 0.0467. The van der Waals surface area contributed by atoms with E-state index in [4.69, 9.17) is 5.11 Å². The molecule has 4 heteroatoms. The van der Waals surface area contributed by atoms with Gasteiger partial charge in [-0.3, -0.25) is 0 Å². The Morgan fingerprint density at radius 1 is 1.60 bits per heavy atom. The molecule has 0 spiro atoms. The fourth-order valence-electron chi connectivity index (χ4n) is 2.06. The lowest BCUT2D eigenvalue weighted by molar-refractivity contribution is 0.182. The van der Waals surface area contributed by atoms with E-state index in [1.165, 1.54) is 0 Å². The fraction of sp³-hybridized carbons (Fsp3) is 0.909. The van der Waals surface area contributed by atoms with Gasteiger partial charge in [-0.25, -0.2) is 4.79 Å². The third-order valence-corrected chi connectivity index (χ3v) is 2.75. The van der Waals surface area contributed by atoms with Crippen LogP contribution in [0.1, 0.15) is 39.5 Å². The van der Waals surface area contributed by atoms with Crippen LogP contribution in [0.5, 0.6) is 0 Å². The Morgan fingerprint density at radius 2 is 2.33 bits per heavy atom.